The van der Waals surface area contributed by atoms with Gasteiger partial charge in [0.25, 0.3) is 5.58 Å². The zero-order valence-corrected chi connectivity index (χ0v) is 20.0. The number of fused-ring (bicyclic) bond motifs is 3. The van der Waals surface area contributed by atoms with Gasteiger partial charge in [0.1, 0.15) is 0 Å². The molecule has 0 amide bonds. The summed E-state index contributed by atoms with van der Waals surface area (Å²) in [6.07, 6.45) is 6.48. The van der Waals surface area contributed by atoms with Crippen LogP contribution < -0.4 is 0 Å². The van der Waals surface area contributed by atoms with Crippen LogP contribution in [0.3, 0.4) is 0 Å². The first-order valence-corrected chi connectivity index (χ1v) is 12.0. The molecule has 1 unspecified atom stereocenters. The zero-order chi connectivity index (χ0) is 23.9. The number of hydrogen-bond donors (Lipinski definition) is 0. The number of rotatable bonds is 4. The first-order chi connectivity index (χ1) is 17.1. The second kappa shape index (κ2) is 8.48. The summed E-state index contributed by atoms with van der Waals surface area (Å²) in [5.74, 6) is 0.274. The minimum absolute atomic E-state index is 0.274. The highest BCUT2D eigenvalue weighted by Gasteiger charge is 2.26. The van der Waals surface area contributed by atoms with Gasteiger partial charge in [-0.1, -0.05) is 98.3 Å². The molecule has 1 aliphatic rings. The number of para-hydroxylation sites is 1. The normalized spacial score (nSPS) is 14.5. The van der Waals surface area contributed by atoms with Crippen molar-refractivity contribution in [3.8, 4) is 11.1 Å². The van der Waals surface area contributed by atoms with Crippen molar-refractivity contribution in [2.45, 2.75) is 19.8 Å². The van der Waals surface area contributed by atoms with Gasteiger partial charge >= 0.3 is 5.58 Å². The molecule has 0 fully saturated rings. The lowest BCUT2D eigenvalue weighted by Crippen LogP contribution is -2.17. The zero-order valence-electron chi connectivity index (χ0n) is 20.0. The van der Waals surface area contributed by atoms with Crippen molar-refractivity contribution in [3.63, 3.8) is 0 Å². The summed E-state index contributed by atoms with van der Waals surface area (Å²) in [6.45, 7) is 8.71. The van der Waals surface area contributed by atoms with E-state index >= 15 is 0 Å². The van der Waals surface area contributed by atoms with Crippen LogP contribution in [0, 0.1) is 13.0 Å². The number of allylic oxidation sites excluding steroid dienone is 2. The van der Waals surface area contributed by atoms with Crippen LogP contribution in [0.25, 0.3) is 33.1 Å². The van der Waals surface area contributed by atoms with E-state index in [-0.39, 0.29) is 5.92 Å². The van der Waals surface area contributed by atoms with Crippen LogP contribution in [0.5, 0.6) is 0 Å². The van der Waals surface area contributed by atoms with Crippen molar-refractivity contribution in [1.82, 2.24) is 0 Å². The largest absolute Gasteiger partial charge is 0.352 e. The maximum absolute atomic E-state index is 6.70. The van der Waals surface area contributed by atoms with E-state index in [0.717, 1.165) is 44.7 Å². The Morgan fingerprint density at radius 3 is 2.37 bits per heavy atom. The summed E-state index contributed by atoms with van der Waals surface area (Å²) < 4.78 is 8.66. The lowest BCUT2D eigenvalue weighted by Gasteiger charge is -2.28. The molecule has 6 rings (SSSR count). The summed E-state index contributed by atoms with van der Waals surface area (Å²) in [6, 6.07) is 32.9. The van der Waals surface area contributed by atoms with E-state index in [2.05, 4.69) is 124 Å². The van der Waals surface area contributed by atoms with Crippen LogP contribution >= 0.6 is 0 Å². The number of furan rings is 1. The van der Waals surface area contributed by atoms with Gasteiger partial charge in [-0.15, -0.1) is 23.3 Å². The first kappa shape index (κ1) is 21.2. The number of benzene rings is 4. The predicted molar refractivity (Wildman–Crippen MR) is 146 cm³/mol. The van der Waals surface area contributed by atoms with Crippen molar-refractivity contribution in [3.05, 3.63) is 138 Å². The maximum Gasteiger partial charge on any atom is 0.352 e. The van der Waals surface area contributed by atoms with Gasteiger partial charge in [0.2, 0.25) is 0 Å². The standard InChI is InChI=1S/C33H27NO/c1-22-17-18-29-28-16-10-15-27(25-13-8-5-9-14-25)32(28)35-33(29)31(22)30-21-26(19-20-34(30)3)23(2)24-11-6-4-7-12-24/h4-21,23H,3H2,1-2H3. The minimum Gasteiger partial charge on any atom is -0.336 e. The molecular weight excluding hydrogens is 426 g/mol. The third-order valence-corrected chi connectivity index (χ3v) is 7.08. The third-order valence-electron chi connectivity index (χ3n) is 7.08. The molecule has 2 heteroatoms. The smallest absolute Gasteiger partial charge is 0.336 e. The SMILES string of the molecule is C=[N+]1C=CC(C(C)c2ccccc2)=C[C-]1c1c(C)ccc2c3cccc(-c4ccccc4)c3[o+][c-]12. The Labute approximate surface area is 206 Å². The average Bonchev–Trinajstić information content (AvgIpc) is 3.28. The molecule has 0 bridgehead atoms. The Morgan fingerprint density at radius 2 is 1.60 bits per heavy atom. The fourth-order valence-corrected chi connectivity index (χ4v) is 5.09. The van der Waals surface area contributed by atoms with Crippen molar-refractivity contribution in [2.24, 2.45) is 0 Å². The summed E-state index contributed by atoms with van der Waals surface area (Å²) in [5.41, 5.74) is 8.90. The number of hydrogen-bond acceptors (Lipinski definition) is 0. The van der Waals surface area contributed by atoms with Crippen molar-refractivity contribution < 1.29 is 8.99 Å². The maximum atomic E-state index is 6.70. The minimum atomic E-state index is 0.274. The molecule has 170 valence electrons. The predicted octanol–water partition coefficient (Wildman–Crippen LogP) is 8.41. The Hall–Kier alpha value is -4.30. The van der Waals surface area contributed by atoms with Crippen LogP contribution in [0.2, 0.25) is 0 Å². The number of aryl methyl sites for hydroxylation is 1. The Balaban J connectivity index is 1.53. The van der Waals surface area contributed by atoms with Gasteiger partial charge in [0.05, 0.1) is 23.2 Å². The molecular formula is C33H27NO. The molecule has 2 heterocycles. The molecule has 0 aliphatic carbocycles. The molecule has 0 saturated carbocycles. The van der Waals surface area contributed by atoms with Gasteiger partial charge in [-0.25, -0.2) is 0 Å². The third kappa shape index (κ3) is 3.59. The van der Waals surface area contributed by atoms with Crippen LogP contribution in [0.15, 0.2) is 119 Å². The molecule has 0 spiro atoms. The topological polar surface area (TPSA) is 14.3 Å². The van der Waals surface area contributed by atoms with E-state index in [4.69, 9.17) is 4.42 Å². The quantitative estimate of drug-likeness (QED) is 0.151. The molecule has 1 atom stereocenters. The van der Waals surface area contributed by atoms with Crippen LogP contribution in [0.1, 0.15) is 29.5 Å². The van der Waals surface area contributed by atoms with Crippen molar-refractivity contribution >= 4 is 28.7 Å². The van der Waals surface area contributed by atoms with Gasteiger partial charge in [-0.2, -0.15) is 0 Å². The van der Waals surface area contributed by atoms with E-state index in [9.17, 15) is 0 Å². The lowest BCUT2D eigenvalue weighted by molar-refractivity contribution is -0.418. The van der Waals surface area contributed by atoms with Crippen molar-refractivity contribution in [2.75, 3.05) is 0 Å². The van der Waals surface area contributed by atoms with E-state index in [0.29, 0.717) is 0 Å². The van der Waals surface area contributed by atoms with Gasteiger partial charge in [-0.3, -0.25) is 4.42 Å². The van der Waals surface area contributed by atoms with Gasteiger partial charge in [0.15, 0.2) is 0 Å². The second-order valence-electron chi connectivity index (χ2n) is 9.23. The van der Waals surface area contributed by atoms with E-state index in [1.54, 1.807) is 0 Å². The molecule has 1 aliphatic heterocycles. The van der Waals surface area contributed by atoms with E-state index < -0.39 is 0 Å². The van der Waals surface area contributed by atoms with E-state index in [1.807, 2.05) is 10.6 Å². The highest BCUT2D eigenvalue weighted by Crippen LogP contribution is 2.41. The highest BCUT2D eigenvalue weighted by molar-refractivity contribution is 6.11. The Kier molecular flexibility index (Phi) is 5.15. The first-order valence-electron chi connectivity index (χ1n) is 12.0. The fourth-order valence-electron chi connectivity index (χ4n) is 5.09. The van der Waals surface area contributed by atoms with Gasteiger partial charge in [0, 0.05) is 12.1 Å². The van der Waals surface area contributed by atoms with Gasteiger partial charge < -0.3 is 4.58 Å². The molecule has 4 aromatic carbocycles. The van der Waals surface area contributed by atoms with E-state index in [1.165, 1.54) is 16.7 Å². The average molecular weight is 454 g/mol. The second-order valence-corrected chi connectivity index (χ2v) is 9.23. The summed E-state index contributed by atoms with van der Waals surface area (Å²) in [7, 11) is 0. The molecule has 5 aromatic rings. The van der Waals surface area contributed by atoms with Crippen LogP contribution in [-0.2, 0) is 0 Å². The highest BCUT2D eigenvalue weighted by atomic mass is 16.3. The number of nitrogens with zero attached hydrogens (tertiary/aromatic N) is 1. The summed E-state index contributed by atoms with van der Waals surface area (Å²) in [5, 5.41) is 2.26. The van der Waals surface area contributed by atoms with Crippen LogP contribution in [-0.4, -0.2) is 11.3 Å². The molecule has 35 heavy (non-hydrogen) atoms. The molecule has 0 saturated heterocycles. The molecule has 1 aromatic heterocycles. The molecule has 2 nitrogen and oxygen atoms in total. The van der Waals surface area contributed by atoms with Crippen molar-refractivity contribution in [1.29, 1.82) is 0 Å². The van der Waals surface area contributed by atoms with Crippen LogP contribution in [0.4, 0.5) is 0 Å². The summed E-state index contributed by atoms with van der Waals surface area (Å²) >= 11 is 0. The monoisotopic (exact) mass is 453 g/mol. The Morgan fingerprint density at radius 1 is 0.857 bits per heavy atom. The molecule has 0 N–H and O–H groups in total. The molecule has 0 radical (unpaired) electrons. The fraction of sp³-hybridized carbons (Fsp3) is 0.0909. The summed E-state index contributed by atoms with van der Waals surface area (Å²) in [4.78, 5) is 0. The Bertz CT molecular complexity index is 1620. The lowest BCUT2D eigenvalue weighted by atomic mass is 9.87. The van der Waals surface area contributed by atoms with Gasteiger partial charge in [-0.05, 0) is 29.2 Å².